The molecule has 1 atom stereocenters. The second-order valence-electron chi connectivity index (χ2n) is 8.23. The number of tetrazole rings is 1. The third-order valence-corrected chi connectivity index (χ3v) is 5.28. The first-order chi connectivity index (χ1) is 12.9. The first-order valence-corrected chi connectivity index (χ1v) is 9.65. The highest BCUT2D eigenvalue weighted by atomic mass is 16.5. The minimum absolute atomic E-state index is 0.107. The number of benzene rings is 1. The Morgan fingerprint density at radius 3 is 2.41 bits per heavy atom. The zero-order chi connectivity index (χ0) is 19.4. The Hall–Kier alpha value is -2.25. The van der Waals surface area contributed by atoms with E-state index in [9.17, 15) is 0 Å². The second kappa shape index (κ2) is 8.19. The lowest BCUT2D eigenvalue weighted by atomic mass is 10.0. The molecule has 2 heterocycles. The van der Waals surface area contributed by atoms with E-state index < -0.39 is 0 Å². The van der Waals surface area contributed by atoms with Gasteiger partial charge in [0.05, 0.1) is 19.2 Å². The zero-order valence-electron chi connectivity index (χ0n) is 16.9. The van der Waals surface area contributed by atoms with E-state index in [2.05, 4.69) is 55.0 Å². The molecule has 0 unspecified atom stereocenters. The molecule has 1 fully saturated rings. The van der Waals surface area contributed by atoms with E-state index >= 15 is 0 Å². The average molecular weight is 373 g/mol. The molecule has 1 saturated heterocycles. The van der Waals surface area contributed by atoms with Crippen LogP contribution in [0.3, 0.4) is 0 Å². The summed E-state index contributed by atoms with van der Waals surface area (Å²) >= 11 is 0. The lowest BCUT2D eigenvalue weighted by Gasteiger charge is -2.34. The van der Waals surface area contributed by atoms with Crippen molar-refractivity contribution in [2.75, 3.05) is 39.8 Å². The van der Waals surface area contributed by atoms with Crippen LogP contribution in [0.2, 0.25) is 0 Å². The predicted octanol–water partition coefficient (Wildman–Crippen LogP) is -0.504. The monoisotopic (exact) mass is 372 g/mol. The van der Waals surface area contributed by atoms with Gasteiger partial charge in [-0.1, -0.05) is 6.58 Å². The summed E-state index contributed by atoms with van der Waals surface area (Å²) < 4.78 is 7.31. The lowest BCUT2D eigenvalue weighted by molar-refractivity contribution is -1.02. The highest BCUT2D eigenvalue weighted by Crippen LogP contribution is 2.23. The summed E-state index contributed by atoms with van der Waals surface area (Å²) in [5, 5.41) is 12.8. The molecule has 0 radical (unpaired) electrons. The van der Waals surface area contributed by atoms with Crippen molar-refractivity contribution in [3.63, 3.8) is 0 Å². The first kappa shape index (κ1) is 19.5. The summed E-state index contributed by atoms with van der Waals surface area (Å²) in [4.78, 5) is 3.10. The topological polar surface area (TPSA) is 61.7 Å². The summed E-state index contributed by atoms with van der Waals surface area (Å²) in [6.45, 7) is 15.7. The molecule has 1 aliphatic rings. The van der Waals surface area contributed by atoms with E-state index in [1.165, 1.54) is 10.5 Å². The van der Waals surface area contributed by atoms with E-state index in [0.29, 0.717) is 0 Å². The highest BCUT2D eigenvalue weighted by molar-refractivity contribution is 5.30. The Morgan fingerprint density at radius 1 is 1.19 bits per heavy atom. The van der Waals surface area contributed by atoms with Crippen LogP contribution in [0.4, 0.5) is 0 Å². The van der Waals surface area contributed by atoms with Crippen LogP contribution in [-0.4, -0.2) is 60.0 Å². The number of hydrogen-bond acceptors (Lipinski definition) is 4. The van der Waals surface area contributed by atoms with Gasteiger partial charge in [0.1, 0.15) is 31.9 Å². The van der Waals surface area contributed by atoms with E-state index in [-0.39, 0.29) is 11.6 Å². The third-order valence-electron chi connectivity index (χ3n) is 5.28. The van der Waals surface area contributed by atoms with Crippen molar-refractivity contribution in [2.45, 2.75) is 32.4 Å². The molecule has 0 amide bonds. The van der Waals surface area contributed by atoms with E-state index in [1.54, 1.807) is 12.0 Å². The predicted molar refractivity (Wildman–Crippen MR) is 104 cm³/mol. The summed E-state index contributed by atoms with van der Waals surface area (Å²) in [7, 11) is 1.69. The van der Waals surface area contributed by atoms with Crippen molar-refractivity contribution in [1.29, 1.82) is 0 Å². The highest BCUT2D eigenvalue weighted by Gasteiger charge is 2.37. The maximum atomic E-state index is 5.34. The molecule has 0 saturated carbocycles. The fourth-order valence-corrected chi connectivity index (χ4v) is 3.84. The summed E-state index contributed by atoms with van der Waals surface area (Å²) in [6, 6.07) is 8.43. The molecular formula is C20H32N6O+2. The quantitative estimate of drug-likeness (QED) is 0.671. The van der Waals surface area contributed by atoms with E-state index in [0.717, 1.165) is 44.3 Å². The van der Waals surface area contributed by atoms with Gasteiger partial charge < -0.3 is 14.5 Å². The van der Waals surface area contributed by atoms with Crippen molar-refractivity contribution in [1.82, 2.24) is 20.2 Å². The molecule has 1 aromatic carbocycles. The van der Waals surface area contributed by atoms with Crippen LogP contribution in [0.5, 0.6) is 5.75 Å². The number of hydrogen-bond donors (Lipinski definition) is 2. The third kappa shape index (κ3) is 4.36. The summed E-state index contributed by atoms with van der Waals surface area (Å²) in [5.74, 6) is 1.79. The lowest BCUT2D eigenvalue weighted by Crippen LogP contribution is -3.28. The van der Waals surface area contributed by atoms with Gasteiger partial charge in [-0.3, -0.25) is 0 Å². The largest absolute Gasteiger partial charge is 0.497 e. The molecule has 1 aliphatic heterocycles. The second-order valence-corrected chi connectivity index (χ2v) is 8.23. The summed E-state index contributed by atoms with van der Waals surface area (Å²) in [5.41, 5.74) is 1.05. The molecular weight excluding hydrogens is 340 g/mol. The van der Waals surface area contributed by atoms with Gasteiger partial charge >= 0.3 is 0 Å². The normalized spacial score (nSPS) is 21.6. The molecule has 27 heavy (non-hydrogen) atoms. The number of quaternary nitrogens is 2. The maximum absolute atomic E-state index is 5.34. The first-order valence-electron chi connectivity index (χ1n) is 9.65. The van der Waals surface area contributed by atoms with Crippen molar-refractivity contribution >= 4 is 0 Å². The minimum Gasteiger partial charge on any atom is -0.497 e. The van der Waals surface area contributed by atoms with Crippen LogP contribution in [0.25, 0.3) is 0 Å². The van der Waals surface area contributed by atoms with Gasteiger partial charge in [-0.15, -0.1) is 5.10 Å². The Balaban J connectivity index is 1.95. The van der Waals surface area contributed by atoms with Gasteiger partial charge in [0.2, 0.25) is 5.82 Å². The van der Waals surface area contributed by atoms with Crippen LogP contribution in [0, 0.1) is 0 Å². The number of piperazine rings is 1. The number of nitrogens with one attached hydrogen (secondary N) is 2. The van der Waals surface area contributed by atoms with Crippen molar-refractivity contribution in [2.24, 2.45) is 0 Å². The maximum Gasteiger partial charge on any atom is 0.214 e. The molecule has 2 N–H and O–H groups in total. The number of rotatable bonds is 6. The van der Waals surface area contributed by atoms with Crippen LogP contribution >= 0.6 is 0 Å². The molecule has 7 heteroatoms. The minimum atomic E-state index is -0.168. The Labute approximate surface area is 161 Å². The average Bonchev–Trinajstić information content (AvgIpc) is 3.14. The van der Waals surface area contributed by atoms with Gasteiger partial charge in [0, 0.05) is 5.56 Å². The molecule has 0 aliphatic carbocycles. The van der Waals surface area contributed by atoms with Crippen molar-refractivity contribution in [3.8, 4) is 5.75 Å². The molecule has 0 bridgehead atoms. The van der Waals surface area contributed by atoms with Gasteiger partial charge in [-0.05, 0) is 61.5 Å². The van der Waals surface area contributed by atoms with Crippen molar-refractivity contribution in [3.05, 3.63) is 48.3 Å². The Kier molecular flexibility index (Phi) is 5.92. The molecule has 3 rings (SSSR count). The van der Waals surface area contributed by atoms with Crippen LogP contribution < -0.4 is 14.5 Å². The fraction of sp³-hybridized carbons (Fsp3) is 0.550. The number of nitrogens with zero attached hydrogens (tertiary/aromatic N) is 4. The molecule has 2 aromatic rings. The number of ether oxygens (including phenoxy) is 1. The Morgan fingerprint density at radius 2 is 1.85 bits per heavy atom. The van der Waals surface area contributed by atoms with E-state index in [1.807, 2.05) is 22.9 Å². The Bertz CT molecular complexity index is 741. The molecule has 0 spiro atoms. The van der Waals surface area contributed by atoms with Gasteiger partial charge in [-0.25, -0.2) is 4.68 Å². The number of methoxy groups -OCH3 is 1. The van der Waals surface area contributed by atoms with Gasteiger partial charge in [-0.2, -0.15) is 0 Å². The van der Waals surface area contributed by atoms with E-state index in [4.69, 9.17) is 4.74 Å². The SMILES string of the molecule is C=CC[NH+]1CC[NH+]([C@@H](c2ccc(OC)cc2)c2nnnn2C(C)(C)C)CC1. The van der Waals surface area contributed by atoms with Crippen LogP contribution in [-0.2, 0) is 5.54 Å². The molecule has 7 nitrogen and oxygen atoms in total. The fourth-order valence-electron chi connectivity index (χ4n) is 3.84. The molecule has 146 valence electrons. The standard InChI is InChI=1S/C20H30N6O/c1-6-11-24-12-14-25(15-13-24)18(16-7-9-17(27-5)10-8-16)19-21-22-23-26(19)20(2,3)4/h6-10,18H,1,11-15H2,2-5H3/p+2/t18-/m0/s1. The summed E-state index contributed by atoms with van der Waals surface area (Å²) in [6.07, 6.45) is 2.02. The van der Waals surface area contributed by atoms with Crippen molar-refractivity contribution < 1.29 is 14.5 Å². The number of aromatic nitrogens is 4. The molecule has 1 aromatic heterocycles. The van der Waals surface area contributed by atoms with Gasteiger partial charge in [0.25, 0.3) is 0 Å². The smallest absolute Gasteiger partial charge is 0.214 e. The zero-order valence-corrected chi connectivity index (χ0v) is 16.9. The van der Waals surface area contributed by atoms with Crippen LogP contribution in [0.15, 0.2) is 36.9 Å². The van der Waals surface area contributed by atoms with Crippen LogP contribution in [0.1, 0.15) is 38.2 Å². The van der Waals surface area contributed by atoms with Gasteiger partial charge in [0.15, 0.2) is 6.04 Å².